The summed E-state index contributed by atoms with van der Waals surface area (Å²) in [5.74, 6) is 0.805. The first-order chi connectivity index (χ1) is 12.0. The molecule has 3 rings (SSSR count). The first-order valence-corrected chi connectivity index (χ1v) is 9.21. The summed E-state index contributed by atoms with van der Waals surface area (Å²) in [4.78, 5) is 15.0. The number of nitrogens with zero attached hydrogens (tertiary/aromatic N) is 1. The molecule has 132 valence electrons. The lowest BCUT2D eigenvalue weighted by Gasteiger charge is -2.30. The van der Waals surface area contributed by atoms with Gasteiger partial charge in [0.15, 0.2) is 0 Å². The molecule has 1 saturated heterocycles. The van der Waals surface area contributed by atoms with E-state index in [9.17, 15) is 4.79 Å². The first kappa shape index (κ1) is 17.7. The van der Waals surface area contributed by atoms with Gasteiger partial charge in [-0.2, -0.15) is 0 Å². The van der Waals surface area contributed by atoms with Gasteiger partial charge in [0.25, 0.3) is 5.91 Å². The van der Waals surface area contributed by atoms with Crippen molar-refractivity contribution in [3.05, 3.63) is 64.7 Å². The van der Waals surface area contributed by atoms with Crippen molar-refractivity contribution in [1.29, 1.82) is 0 Å². The molecule has 3 nitrogen and oxygen atoms in total. The van der Waals surface area contributed by atoms with E-state index in [0.717, 1.165) is 29.3 Å². The molecule has 1 amide bonds. The van der Waals surface area contributed by atoms with Gasteiger partial charge in [-0.1, -0.05) is 31.2 Å². The number of aryl methyl sites for hydroxylation is 2. The predicted molar refractivity (Wildman–Crippen MR) is 104 cm³/mol. The summed E-state index contributed by atoms with van der Waals surface area (Å²) < 4.78 is 0. The Morgan fingerprint density at radius 1 is 1.08 bits per heavy atom. The Bertz CT molecular complexity index is 728. The number of nitrogens with one attached hydrogen (secondary N) is 1. The van der Waals surface area contributed by atoms with Gasteiger partial charge in [-0.25, -0.2) is 0 Å². The summed E-state index contributed by atoms with van der Waals surface area (Å²) in [6.07, 6.45) is 2.58. The van der Waals surface area contributed by atoms with Crippen molar-refractivity contribution in [2.75, 3.05) is 18.4 Å². The summed E-state index contributed by atoms with van der Waals surface area (Å²) in [5.41, 5.74) is 5.09. The molecule has 1 fully saturated rings. The number of piperidine rings is 1. The Labute approximate surface area is 151 Å². The van der Waals surface area contributed by atoms with Gasteiger partial charge in [-0.15, -0.1) is 0 Å². The molecule has 3 heteroatoms. The van der Waals surface area contributed by atoms with E-state index < -0.39 is 0 Å². The maximum atomic E-state index is 12.5. The van der Waals surface area contributed by atoms with E-state index in [1.165, 1.54) is 31.5 Å². The molecule has 1 N–H and O–H groups in total. The quantitative estimate of drug-likeness (QED) is 0.871. The van der Waals surface area contributed by atoms with Crippen molar-refractivity contribution in [3.8, 4) is 0 Å². The van der Waals surface area contributed by atoms with Crippen LogP contribution in [0, 0.1) is 19.8 Å². The molecule has 0 unspecified atom stereocenters. The van der Waals surface area contributed by atoms with Crippen LogP contribution < -0.4 is 5.32 Å². The fraction of sp³-hybridized carbons (Fsp3) is 0.409. The van der Waals surface area contributed by atoms with Crippen molar-refractivity contribution in [3.63, 3.8) is 0 Å². The van der Waals surface area contributed by atoms with Gasteiger partial charge in [0.2, 0.25) is 0 Å². The van der Waals surface area contributed by atoms with E-state index in [0.29, 0.717) is 5.56 Å². The van der Waals surface area contributed by atoms with Crippen LogP contribution in [0.5, 0.6) is 0 Å². The molecule has 0 aliphatic carbocycles. The molecular formula is C22H28N2O. The number of carbonyl (C=O) groups is 1. The maximum Gasteiger partial charge on any atom is 0.255 e. The van der Waals surface area contributed by atoms with E-state index in [1.54, 1.807) is 0 Å². The summed E-state index contributed by atoms with van der Waals surface area (Å²) in [6, 6.07) is 14.1. The molecule has 1 aliphatic rings. The zero-order valence-corrected chi connectivity index (χ0v) is 15.5. The molecular weight excluding hydrogens is 308 g/mol. The van der Waals surface area contributed by atoms with E-state index in [1.807, 2.05) is 38.1 Å². The highest BCUT2D eigenvalue weighted by Gasteiger charge is 2.16. The van der Waals surface area contributed by atoms with Crippen molar-refractivity contribution in [2.24, 2.45) is 5.92 Å². The highest BCUT2D eigenvalue weighted by atomic mass is 16.1. The molecule has 0 radical (unpaired) electrons. The van der Waals surface area contributed by atoms with Gasteiger partial charge in [0, 0.05) is 17.8 Å². The van der Waals surface area contributed by atoms with Crippen molar-refractivity contribution in [2.45, 2.75) is 40.2 Å². The molecule has 0 saturated carbocycles. The third-order valence-electron chi connectivity index (χ3n) is 5.14. The second-order valence-corrected chi connectivity index (χ2v) is 7.43. The highest BCUT2D eigenvalue weighted by Crippen LogP contribution is 2.20. The second kappa shape index (κ2) is 7.83. The Morgan fingerprint density at radius 3 is 2.44 bits per heavy atom. The first-order valence-electron chi connectivity index (χ1n) is 9.21. The molecule has 0 aromatic heterocycles. The third kappa shape index (κ3) is 4.70. The Kier molecular flexibility index (Phi) is 5.54. The van der Waals surface area contributed by atoms with Gasteiger partial charge in [-0.05, 0) is 80.6 Å². The number of hydrogen-bond acceptors (Lipinski definition) is 2. The number of amides is 1. The van der Waals surface area contributed by atoms with E-state index in [-0.39, 0.29) is 5.91 Å². The zero-order chi connectivity index (χ0) is 17.8. The topological polar surface area (TPSA) is 32.3 Å². The number of rotatable bonds is 4. The van der Waals surface area contributed by atoms with Gasteiger partial charge in [0.05, 0.1) is 0 Å². The number of likely N-dealkylation sites (tertiary alicyclic amines) is 1. The number of hydrogen-bond donors (Lipinski definition) is 1. The second-order valence-electron chi connectivity index (χ2n) is 7.43. The molecule has 2 aromatic rings. The maximum absolute atomic E-state index is 12.5. The molecule has 1 heterocycles. The van der Waals surface area contributed by atoms with Crippen LogP contribution in [0.1, 0.15) is 46.8 Å². The van der Waals surface area contributed by atoms with Crippen LogP contribution in [-0.4, -0.2) is 23.9 Å². The lowest BCUT2D eigenvalue weighted by molar-refractivity contribution is 0.102. The standard InChI is InChI=1S/C22H28N2O/c1-16-10-12-24(13-11-16)15-19-6-8-20(9-7-19)22(25)23-21-14-17(2)4-5-18(21)3/h4-9,14,16H,10-13,15H2,1-3H3,(H,23,25). The SMILES string of the molecule is Cc1ccc(C)c(NC(=O)c2ccc(CN3CCC(C)CC3)cc2)c1. The minimum atomic E-state index is -0.0490. The lowest BCUT2D eigenvalue weighted by atomic mass is 9.99. The van der Waals surface area contributed by atoms with Crippen LogP contribution in [0.25, 0.3) is 0 Å². The normalized spacial score (nSPS) is 16.0. The van der Waals surface area contributed by atoms with Crippen molar-refractivity contribution < 1.29 is 4.79 Å². The van der Waals surface area contributed by atoms with Crippen LogP contribution in [0.2, 0.25) is 0 Å². The van der Waals surface area contributed by atoms with Gasteiger partial charge in [-0.3, -0.25) is 9.69 Å². The summed E-state index contributed by atoms with van der Waals surface area (Å²) >= 11 is 0. The minimum absolute atomic E-state index is 0.0490. The molecule has 25 heavy (non-hydrogen) atoms. The molecule has 1 aliphatic heterocycles. The molecule has 0 bridgehead atoms. The molecule has 0 atom stereocenters. The Balaban J connectivity index is 1.61. The Morgan fingerprint density at radius 2 is 1.76 bits per heavy atom. The van der Waals surface area contributed by atoms with E-state index >= 15 is 0 Å². The largest absolute Gasteiger partial charge is 0.322 e. The minimum Gasteiger partial charge on any atom is -0.322 e. The van der Waals surface area contributed by atoms with Crippen molar-refractivity contribution in [1.82, 2.24) is 4.90 Å². The van der Waals surface area contributed by atoms with Crippen LogP contribution in [0.15, 0.2) is 42.5 Å². The summed E-state index contributed by atoms with van der Waals surface area (Å²) in [6.45, 7) is 9.71. The number of benzene rings is 2. The van der Waals surface area contributed by atoms with Crippen LogP contribution in [-0.2, 0) is 6.54 Å². The average molecular weight is 336 g/mol. The van der Waals surface area contributed by atoms with Gasteiger partial charge >= 0.3 is 0 Å². The van der Waals surface area contributed by atoms with E-state index in [4.69, 9.17) is 0 Å². The monoisotopic (exact) mass is 336 g/mol. The average Bonchev–Trinajstić information content (AvgIpc) is 2.61. The fourth-order valence-corrected chi connectivity index (χ4v) is 3.30. The highest BCUT2D eigenvalue weighted by molar-refractivity contribution is 6.04. The summed E-state index contributed by atoms with van der Waals surface area (Å²) in [7, 11) is 0. The molecule has 2 aromatic carbocycles. The lowest BCUT2D eigenvalue weighted by Crippen LogP contribution is -2.32. The van der Waals surface area contributed by atoms with Gasteiger partial charge < -0.3 is 5.32 Å². The Hall–Kier alpha value is -2.13. The number of carbonyl (C=O) groups excluding carboxylic acids is 1. The molecule has 0 spiro atoms. The van der Waals surface area contributed by atoms with Crippen LogP contribution >= 0.6 is 0 Å². The van der Waals surface area contributed by atoms with Crippen LogP contribution in [0.4, 0.5) is 5.69 Å². The predicted octanol–water partition coefficient (Wildman–Crippen LogP) is 4.79. The fourth-order valence-electron chi connectivity index (χ4n) is 3.30. The smallest absolute Gasteiger partial charge is 0.255 e. The van der Waals surface area contributed by atoms with Gasteiger partial charge in [0.1, 0.15) is 0 Å². The zero-order valence-electron chi connectivity index (χ0n) is 15.5. The number of anilines is 1. The third-order valence-corrected chi connectivity index (χ3v) is 5.14. The van der Waals surface area contributed by atoms with Crippen LogP contribution in [0.3, 0.4) is 0 Å². The summed E-state index contributed by atoms with van der Waals surface area (Å²) in [5, 5.41) is 3.02. The van der Waals surface area contributed by atoms with E-state index in [2.05, 4.69) is 35.3 Å². The van der Waals surface area contributed by atoms with Crippen molar-refractivity contribution >= 4 is 11.6 Å².